The summed E-state index contributed by atoms with van der Waals surface area (Å²) in [5, 5.41) is 0.551. The molecule has 1 aliphatic rings. The molecule has 0 unspecified atom stereocenters. The minimum atomic E-state index is -0.518. The number of nitrogens with zero attached hydrogens (tertiary/aromatic N) is 1. The topological polar surface area (TPSA) is 39.2 Å². The van der Waals surface area contributed by atoms with Gasteiger partial charge in [-0.05, 0) is 31.4 Å². The van der Waals surface area contributed by atoms with Crippen LogP contribution in [0.3, 0.4) is 0 Å². The van der Waals surface area contributed by atoms with E-state index in [2.05, 4.69) is 4.98 Å². The van der Waals surface area contributed by atoms with Gasteiger partial charge in [-0.2, -0.15) is 0 Å². The number of ether oxygens (including phenoxy) is 1. The number of rotatable bonds is 3. The third kappa shape index (κ3) is 1.69. The van der Waals surface area contributed by atoms with Crippen LogP contribution in [-0.4, -0.2) is 17.6 Å². The zero-order valence-electron chi connectivity index (χ0n) is 9.20. The molecule has 0 saturated heterocycles. The third-order valence-electron chi connectivity index (χ3n) is 3.16. The molecule has 0 atom stereocenters. The highest BCUT2D eigenvalue weighted by Gasteiger charge is 2.48. The van der Waals surface area contributed by atoms with Crippen molar-refractivity contribution in [2.45, 2.75) is 31.6 Å². The molecule has 1 aromatic rings. The Morgan fingerprint density at radius 1 is 1.62 bits per heavy atom. The van der Waals surface area contributed by atoms with E-state index in [1.807, 2.05) is 13.0 Å². The molecule has 3 nitrogen and oxygen atoms in total. The van der Waals surface area contributed by atoms with Gasteiger partial charge in [-0.3, -0.25) is 9.78 Å². The van der Waals surface area contributed by atoms with Gasteiger partial charge in [0.2, 0.25) is 0 Å². The number of carbonyl (C=O) groups excluding carboxylic acids is 1. The van der Waals surface area contributed by atoms with Crippen LogP contribution in [0.15, 0.2) is 18.5 Å². The normalized spacial score (nSPS) is 17.6. The lowest BCUT2D eigenvalue weighted by Crippen LogP contribution is -2.44. The van der Waals surface area contributed by atoms with Crippen LogP contribution in [-0.2, 0) is 14.9 Å². The van der Waals surface area contributed by atoms with E-state index in [1.54, 1.807) is 12.4 Å². The minimum absolute atomic E-state index is 0.158. The number of hydrogen-bond acceptors (Lipinski definition) is 3. The lowest BCUT2D eigenvalue weighted by atomic mass is 9.64. The van der Waals surface area contributed by atoms with Crippen molar-refractivity contribution in [3.8, 4) is 0 Å². The van der Waals surface area contributed by atoms with Crippen molar-refractivity contribution in [2.24, 2.45) is 0 Å². The first kappa shape index (κ1) is 11.4. The lowest BCUT2D eigenvalue weighted by Gasteiger charge is -2.39. The third-order valence-corrected chi connectivity index (χ3v) is 3.46. The van der Waals surface area contributed by atoms with Crippen molar-refractivity contribution in [3.63, 3.8) is 0 Å². The van der Waals surface area contributed by atoms with Crippen LogP contribution in [0.25, 0.3) is 0 Å². The van der Waals surface area contributed by atoms with Gasteiger partial charge >= 0.3 is 5.97 Å². The first-order valence-corrected chi connectivity index (χ1v) is 5.86. The summed E-state index contributed by atoms with van der Waals surface area (Å²) in [4.78, 5) is 15.9. The summed E-state index contributed by atoms with van der Waals surface area (Å²) in [5.41, 5.74) is 0.338. The van der Waals surface area contributed by atoms with Crippen molar-refractivity contribution in [1.29, 1.82) is 0 Å². The van der Waals surface area contributed by atoms with E-state index in [0.717, 1.165) is 24.8 Å². The monoisotopic (exact) mass is 239 g/mol. The van der Waals surface area contributed by atoms with Gasteiger partial charge in [-0.1, -0.05) is 18.0 Å². The average molecular weight is 240 g/mol. The smallest absolute Gasteiger partial charge is 0.316 e. The highest BCUT2D eigenvalue weighted by molar-refractivity contribution is 6.31. The highest BCUT2D eigenvalue weighted by Crippen LogP contribution is 2.46. The van der Waals surface area contributed by atoms with Gasteiger partial charge in [0.15, 0.2) is 0 Å². The van der Waals surface area contributed by atoms with Gasteiger partial charge < -0.3 is 4.74 Å². The van der Waals surface area contributed by atoms with Crippen molar-refractivity contribution in [3.05, 3.63) is 29.0 Å². The maximum absolute atomic E-state index is 12.0. The number of carbonyl (C=O) groups is 1. The molecule has 0 N–H and O–H groups in total. The number of hydrogen-bond donors (Lipinski definition) is 0. The fourth-order valence-electron chi connectivity index (χ4n) is 2.15. The Morgan fingerprint density at radius 2 is 2.38 bits per heavy atom. The molecule has 2 rings (SSSR count). The standard InChI is InChI=1S/C12H14ClNO2/c1-2-16-11(15)12(5-3-6-12)9-4-7-14-8-10(9)13/h4,7-8H,2-3,5-6H2,1H3. The molecule has 1 aromatic heterocycles. The summed E-state index contributed by atoms with van der Waals surface area (Å²) in [7, 11) is 0. The van der Waals surface area contributed by atoms with Gasteiger partial charge in [-0.15, -0.1) is 0 Å². The second-order valence-electron chi connectivity index (χ2n) is 4.01. The van der Waals surface area contributed by atoms with Gasteiger partial charge in [0.05, 0.1) is 17.0 Å². The summed E-state index contributed by atoms with van der Waals surface area (Å²) < 4.78 is 5.14. The van der Waals surface area contributed by atoms with Crippen molar-refractivity contribution in [2.75, 3.05) is 6.61 Å². The molecule has 0 amide bonds. The second kappa shape index (κ2) is 4.42. The number of esters is 1. The predicted octanol–water partition coefficient (Wildman–Crippen LogP) is 2.72. The van der Waals surface area contributed by atoms with E-state index in [9.17, 15) is 4.79 Å². The molecule has 1 saturated carbocycles. The van der Waals surface area contributed by atoms with Gasteiger partial charge in [0.1, 0.15) is 0 Å². The van der Waals surface area contributed by atoms with Crippen LogP contribution in [0.4, 0.5) is 0 Å². The summed E-state index contributed by atoms with van der Waals surface area (Å²) in [6.07, 6.45) is 5.92. The molecule has 0 spiro atoms. The Morgan fingerprint density at radius 3 is 2.88 bits per heavy atom. The summed E-state index contributed by atoms with van der Waals surface area (Å²) in [6.45, 7) is 2.22. The molecule has 4 heteroatoms. The summed E-state index contributed by atoms with van der Waals surface area (Å²) in [5.74, 6) is -0.158. The molecule has 16 heavy (non-hydrogen) atoms. The maximum atomic E-state index is 12.0. The van der Waals surface area contributed by atoms with E-state index < -0.39 is 5.41 Å². The molecule has 1 aliphatic carbocycles. The molecule has 0 aliphatic heterocycles. The Labute approximate surface area is 99.8 Å². The van der Waals surface area contributed by atoms with Crippen LogP contribution in [0.2, 0.25) is 5.02 Å². The van der Waals surface area contributed by atoms with Gasteiger partial charge in [0, 0.05) is 12.4 Å². The number of aromatic nitrogens is 1. The quantitative estimate of drug-likeness (QED) is 0.762. The van der Waals surface area contributed by atoms with Crippen molar-refractivity contribution in [1.82, 2.24) is 4.98 Å². The molecule has 0 bridgehead atoms. The molecular weight excluding hydrogens is 226 g/mol. The first-order chi connectivity index (χ1) is 7.70. The Kier molecular flexibility index (Phi) is 3.15. The van der Waals surface area contributed by atoms with E-state index in [1.165, 1.54) is 0 Å². The lowest BCUT2D eigenvalue weighted by molar-refractivity contribution is -0.153. The first-order valence-electron chi connectivity index (χ1n) is 5.48. The fourth-order valence-corrected chi connectivity index (χ4v) is 2.45. The van der Waals surface area contributed by atoms with E-state index in [-0.39, 0.29) is 5.97 Å². The molecule has 0 radical (unpaired) electrons. The van der Waals surface area contributed by atoms with E-state index >= 15 is 0 Å². The predicted molar refractivity (Wildman–Crippen MR) is 61.4 cm³/mol. The molecule has 86 valence electrons. The van der Waals surface area contributed by atoms with Crippen LogP contribution in [0.5, 0.6) is 0 Å². The summed E-state index contributed by atoms with van der Waals surface area (Å²) >= 11 is 6.10. The van der Waals surface area contributed by atoms with Crippen molar-refractivity contribution >= 4 is 17.6 Å². The molecule has 0 aromatic carbocycles. The van der Waals surface area contributed by atoms with Crippen LogP contribution in [0.1, 0.15) is 31.7 Å². The zero-order chi connectivity index (χ0) is 11.6. The van der Waals surface area contributed by atoms with Crippen molar-refractivity contribution < 1.29 is 9.53 Å². The zero-order valence-corrected chi connectivity index (χ0v) is 9.96. The maximum Gasteiger partial charge on any atom is 0.316 e. The Hall–Kier alpha value is -1.09. The van der Waals surface area contributed by atoms with E-state index in [4.69, 9.17) is 16.3 Å². The Balaban J connectivity index is 2.35. The van der Waals surface area contributed by atoms with E-state index in [0.29, 0.717) is 11.6 Å². The van der Waals surface area contributed by atoms with Gasteiger partial charge in [0.25, 0.3) is 0 Å². The van der Waals surface area contributed by atoms with Crippen LogP contribution in [0, 0.1) is 0 Å². The summed E-state index contributed by atoms with van der Waals surface area (Å²) in [6, 6.07) is 1.82. The van der Waals surface area contributed by atoms with Gasteiger partial charge in [-0.25, -0.2) is 0 Å². The average Bonchev–Trinajstić information content (AvgIpc) is 2.19. The minimum Gasteiger partial charge on any atom is -0.465 e. The fraction of sp³-hybridized carbons (Fsp3) is 0.500. The second-order valence-corrected chi connectivity index (χ2v) is 4.42. The molecule has 1 fully saturated rings. The van der Waals surface area contributed by atoms with Crippen LogP contribution < -0.4 is 0 Å². The molecule has 1 heterocycles. The highest BCUT2D eigenvalue weighted by atomic mass is 35.5. The number of halogens is 1. The Bertz CT molecular complexity index is 402. The van der Waals surface area contributed by atoms with Crippen LogP contribution >= 0.6 is 11.6 Å². The SMILES string of the molecule is CCOC(=O)C1(c2ccncc2Cl)CCC1. The largest absolute Gasteiger partial charge is 0.465 e. The molecular formula is C12H14ClNO2. The number of pyridine rings is 1.